The van der Waals surface area contributed by atoms with Crippen molar-refractivity contribution in [2.24, 2.45) is 0 Å². The third-order valence-electron chi connectivity index (χ3n) is 2.00. The van der Waals surface area contributed by atoms with Crippen molar-refractivity contribution < 1.29 is 14.3 Å². The van der Waals surface area contributed by atoms with Gasteiger partial charge in [-0.15, -0.1) is 0 Å². The summed E-state index contributed by atoms with van der Waals surface area (Å²) in [6.45, 7) is 1.80. The first-order chi connectivity index (χ1) is 7.18. The van der Waals surface area contributed by atoms with Gasteiger partial charge in [0, 0.05) is 12.4 Å². The average Bonchev–Trinajstić information content (AvgIpc) is 2.65. The van der Waals surface area contributed by atoms with Crippen LogP contribution in [0.1, 0.15) is 16.1 Å². The van der Waals surface area contributed by atoms with Crippen molar-refractivity contribution in [1.82, 2.24) is 9.97 Å². The van der Waals surface area contributed by atoms with Gasteiger partial charge in [-0.1, -0.05) is 0 Å². The van der Waals surface area contributed by atoms with Gasteiger partial charge in [0.2, 0.25) is 0 Å². The minimum atomic E-state index is -1.04. The van der Waals surface area contributed by atoms with Crippen LogP contribution in [0.5, 0.6) is 0 Å². The molecule has 2 rings (SSSR count). The first kappa shape index (κ1) is 9.39. The summed E-state index contributed by atoms with van der Waals surface area (Å²) in [5.74, 6) is 0.134. The highest BCUT2D eigenvalue weighted by Crippen LogP contribution is 2.19. The van der Waals surface area contributed by atoms with Gasteiger partial charge in [0.15, 0.2) is 5.82 Å². The first-order valence-corrected chi connectivity index (χ1v) is 4.28. The molecule has 0 aliphatic heterocycles. The SMILES string of the molecule is Cc1occc1-c1ncc(C(=O)O)cn1. The molecule has 0 aliphatic rings. The minimum absolute atomic E-state index is 0.0693. The minimum Gasteiger partial charge on any atom is -0.478 e. The smallest absolute Gasteiger partial charge is 0.338 e. The van der Waals surface area contributed by atoms with Crippen molar-refractivity contribution in [2.75, 3.05) is 0 Å². The van der Waals surface area contributed by atoms with Gasteiger partial charge < -0.3 is 9.52 Å². The fourth-order valence-corrected chi connectivity index (χ4v) is 1.19. The normalized spacial score (nSPS) is 10.2. The second kappa shape index (κ2) is 3.53. The Morgan fingerprint density at radius 1 is 1.40 bits per heavy atom. The van der Waals surface area contributed by atoms with Crippen molar-refractivity contribution in [3.05, 3.63) is 36.0 Å². The lowest BCUT2D eigenvalue weighted by atomic mass is 10.2. The molecule has 0 aliphatic carbocycles. The Morgan fingerprint density at radius 2 is 2.07 bits per heavy atom. The van der Waals surface area contributed by atoms with E-state index in [1.54, 1.807) is 19.3 Å². The number of hydrogen-bond acceptors (Lipinski definition) is 4. The number of rotatable bonds is 2. The molecule has 0 bridgehead atoms. The van der Waals surface area contributed by atoms with E-state index < -0.39 is 5.97 Å². The van der Waals surface area contributed by atoms with Crippen LogP contribution in [-0.4, -0.2) is 21.0 Å². The van der Waals surface area contributed by atoms with Crippen LogP contribution in [0.3, 0.4) is 0 Å². The van der Waals surface area contributed by atoms with E-state index in [1.807, 2.05) is 0 Å². The fourth-order valence-electron chi connectivity index (χ4n) is 1.19. The summed E-state index contributed by atoms with van der Waals surface area (Å²) < 4.78 is 5.10. The zero-order valence-electron chi connectivity index (χ0n) is 7.97. The molecule has 0 aromatic carbocycles. The Labute approximate surface area is 85.4 Å². The van der Waals surface area contributed by atoms with Crippen LogP contribution in [0.25, 0.3) is 11.4 Å². The summed E-state index contributed by atoms with van der Waals surface area (Å²) >= 11 is 0. The van der Waals surface area contributed by atoms with Gasteiger partial charge >= 0.3 is 5.97 Å². The summed E-state index contributed by atoms with van der Waals surface area (Å²) in [6, 6.07) is 1.74. The molecule has 1 N–H and O–H groups in total. The van der Waals surface area contributed by atoms with Crippen molar-refractivity contribution in [3.63, 3.8) is 0 Å². The van der Waals surface area contributed by atoms with Gasteiger partial charge in [-0.25, -0.2) is 14.8 Å². The number of hydrogen-bond donors (Lipinski definition) is 1. The lowest BCUT2D eigenvalue weighted by molar-refractivity contribution is 0.0696. The van der Waals surface area contributed by atoms with Gasteiger partial charge in [-0.2, -0.15) is 0 Å². The van der Waals surface area contributed by atoms with Gasteiger partial charge in [-0.05, 0) is 13.0 Å². The van der Waals surface area contributed by atoms with Crippen molar-refractivity contribution in [2.45, 2.75) is 6.92 Å². The van der Waals surface area contributed by atoms with E-state index in [2.05, 4.69) is 9.97 Å². The zero-order chi connectivity index (χ0) is 10.8. The summed E-state index contributed by atoms with van der Waals surface area (Å²) in [7, 11) is 0. The van der Waals surface area contributed by atoms with E-state index in [0.29, 0.717) is 11.6 Å². The molecule has 0 atom stereocenters. The fraction of sp³-hybridized carbons (Fsp3) is 0.100. The van der Waals surface area contributed by atoms with Gasteiger partial charge in [0.05, 0.1) is 17.4 Å². The Morgan fingerprint density at radius 3 is 2.53 bits per heavy atom. The van der Waals surface area contributed by atoms with Gasteiger partial charge in [0.1, 0.15) is 5.76 Å². The Hall–Kier alpha value is -2.17. The molecule has 2 heterocycles. The third-order valence-corrected chi connectivity index (χ3v) is 2.00. The molecule has 0 spiro atoms. The third kappa shape index (κ3) is 1.71. The highest BCUT2D eigenvalue weighted by atomic mass is 16.4. The summed E-state index contributed by atoms with van der Waals surface area (Å²) in [6.07, 6.45) is 4.09. The van der Waals surface area contributed by atoms with E-state index in [4.69, 9.17) is 9.52 Å². The van der Waals surface area contributed by atoms with E-state index in [1.165, 1.54) is 12.4 Å². The summed E-state index contributed by atoms with van der Waals surface area (Å²) in [5, 5.41) is 8.66. The topological polar surface area (TPSA) is 76.2 Å². The lowest BCUT2D eigenvalue weighted by Gasteiger charge is -1.97. The Bertz CT molecular complexity index is 488. The molecular weight excluding hydrogens is 196 g/mol. The molecule has 2 aromatic rings. The second-order valence-electron chi connectivity index (χ2n) is 2.99. The molecular formula is C10H8N2O3. The number of aryl methyl sites for hydroxylation is 1. The molecule has 2 aromatic heterocycles. The second-order valence-corrected chi connectivity index (χ2v) is 2.99. The van der Waals surface area contributed by atoms with Crippen LogP contribution in [0, 0.1) is 6.92 Å². The quantitative estimate of drug-likeness (QED) is 0.806. The van der Waals surface area contributed by atoms with E-state index in [9.17, 15) is 4.79 Å². The van der Waals surface area contributed by atoms with Crippen molar-refractivity contribution in [3.8, 4) is 11.4 Å². The van der Waals surface area contributed by atoms with E-state index >= 15 is 0 Å². The molecule has 0 radical (unpaired) electrons. The van der Waals surface area contributed by atoms with Crippen LogP contribution >= 0.6 is 0 Å². The number of furan rings is 1. The largest absolute Gasteiger partial charge is 0.478 e. The van der Waals surface area contributed by atoms with Gasteiger partial charge in [0.25, 0.3) is 0 Å². The number of aromatic nitrogens is 2. The number of carboxylic acid groups (broad SMARTS) is 1. The molecule has 0 unspecified atom stereocenters. The summed E-state index contributed by atoms with van der Waals surface area (Å²) in [4.78, 5) is 18.5. The predicted octanol–water partition coefficient (Wildman–Crippen LogP) is 1.74. The maximum absolute atomic E-state index is 10.6. The van der Waals surface area contributed by atoms with Crippen LogP contribution in [-0.2, 0) is 0 Å². The van der Waals surface area contributed by atoms with Crippen LogP contribution in [0.2, 0.25) is 0 Å². The van der Waals surface area contributed by atoms with Crippen LogP contribution < -0.4 is 0 Å². The van der Waals surface area contributed by atoms with E-state index in [0.717, 1.165) is 5.56 Å². The molecule has 76 valence electrons. The van der Waals surface area contributed by atoms with Crippen molar-refractivity contribution >= 4 is 5.97 Å². The molecule has 5 heteroatoms. The maximum atomic E-state index is 10.6. The number of nitrogens with zero attached hydrogens (tertiary/aromatic N) is 2. The Kier molecular flexibility index (Phi) is 2.21. The summed E-state index contributed by atoms with van der Waals surface area (Å²) in [5.41, 5.74) is 0.840. The van der Waals surface area contributed by atoms with Gasteiger partial charge in [-0.3, -0.25) is 0 Å². The number of carbonyl (C=O) groups is 1. The number of carboxylic acids is 1. The number of aromatic carboxylic acids is 1. The maximum Gasteiger partial charge on any atom is 0.338 e. The lowest BCUT2D eigenvalue weighted by Crippen LogP contribution is -1.99. The average molecular weight is 204 g/mol. The monoisotopic (exact) mass is 204 g/mol. The molecule has 0 amide bonds. The Balaban J connectivity index is 2.40. The van der Waals surface area contributed by atoms with Crippen LogP contribution in [0.4, 0.5) is 0 Å². The molecule has 0 saturated carbocycles. The molecule has 15 heavy (non-hydrogen) atoms. The molecule has 5 nitrogen and oxygen atoms in total. The standard InChI is InChI=1S/C10H8N2O3/c1-6-8(2-3-15-6)9-11-4-7(5-12-9)10(13)14/h2-5H,1H3,(H,13,14). The van der Waals surface area contributed by atoms with E-state index in [-0.39, 0.29) is 5.56 Å². The highest BCUT2D eigenvalue weighted by molar-refractivity contribution is 5.86. The highest BCUT2D eigenvalue weighted by Gasteiger charge is 2.09. The first-order valence-electron chi connectivity index (χ1n) is 4.28. The van der Waals surface area contributed by atoms with Crippen molar-refractivity contribution in [1.29, 1.82) is 0 Å². The zero-order valence-corrected chi connectivity index (χ0v) is 7.97. The van der Waals surface area contributed by atoms with Crippen LogP contribution in [0.15, 0.2) is 29.1 Å². The predicted molar refractivity (Wildman–Crippen MR) is 51.4 cm³/mol. The molecule has 0 saturated heterocycles. The molecule has 0 fully saturated rings.